The van der Waals surface area contributed by atoms with E-state index in [0.29, 0.717) is 12.0 Å². The molecule has 0 saturated heterocycles. The van der Waals surface area contributed by atoms with Crippen LogP contribution in [0.15, 0.2) is 24.3 Å². The lowest BCUT2D eigenvalue weighted by Crippen LogP contribution is -2.36. The van der Waals surface area contributed by atoms with Crippen LogP contribution in [0, 0.1) is 11.8 Å². The van der Waals surface area contributed by atoms with Crippen LogP contribution >= 0.6 is 0 Å². The van der Waals surface area contributed by atoms with E-state index < -0.39 is 0 Å². The van der Waals surface area contributed by atoms with E-state index in [1.54, 1.807) is 0 Å². The molecule has 0 spiro atoms. The highest BCUT2D eigenvalue weighted by atomic mass is 15.1. The zero-order chi connectivity index (χ0) is 14.7. The summed E-state index contributed by atoms with van der Waals surface area (Å²) < 4.78 is 0. The van der Waals surface area contributed by atoms with Crippen LogP contribution in [0.3, 0.4) is 0 Å². The van der Waals surface area contributed by atoms with Gasteiger partial charge in [-0.1, -0.05) is 38.1 Å². The summed E-state index contributed by atoms with van der Waals surface area (Å²) in [5, 5.41) is 0. The molecular formula is C18H30N2. The van der Waals surface area contributed by atoms with E-state index in [-0.39, 0.29) is 6.04 Å². The Morgan fingerprint density at radius 1 is 1.15 bits per heavy atom. The number of benzene rings is 1. The first kappa shape index (κ1) is 15.5. The Balaban J connectivity index is 1.89. The largest absolute Gasteiger partial charge is 0.323 e. The predicted molar refractivity (Wildman–Crippen MR) is 86.7 cm³/mol. The van der Waals surface area contributed by atoms with Gasteiger partial charge < -0.3 is 10.6 Å². The van der Waals surface area contributed by atoms with Crippen LogP contribution in [-0.2, 0) is 6.42 Å². The van der Waals surface area contributed by atoms with Crippen LogP contribution < -0.4 is 5.73 Å². The first-order valence-electron chi connectivity index (χ1n) is 8.02. The molecule has 1 aromatic carbocycles. The van der Waals surface area contributed by atoms with Crippen LogP contribution in [0.1, 0.15) is 50.8 Å². The fourth-order valence-electron chi connectivity index (χ4n) is 2.89. The van der Waals surface area contributed by atoms with E-state index in [4.69, 9.17) is 5.73 Å². The average Bonchev–Trinajstić information content (AvgIpc) is 3.22. The minimum Gasteiger partial charge on any atom is -0.323 e. The molecule has 0 aromatic heterocycles. The summed E-state index contributed by atoms with van der Waals surface area (Å²) in [7, 11) is 2.20. The molecule has 2 atom stereocenters. The summed E-state index contributed by atoms with van der Waals surface area (Å²) in [6.07, 6.45) is 3.93. The highest BCUT2D eigenvalue weighted by Crippen LogP contribution is 2.35. The van der Waals surface area contributed by atoms with Gasteiger partial charge in [0.15, 0.2) is 0 Å². The van der Waals surface area contributed by atoms with Gasteiger partial charge in [-0.15, -0.1) is 0 Å². The van der Waals surface area contributed by atoms with E-state index in [1.807, 2.05) is 0 Å². The Kier molecular flexibility index (Phi) is 5.22. The Hall–Kier alpha value is -0.860. The van der Waals surface area contributed by atoms with E-state index >= 15 is 0 Å². The zero-order valence-corrected chi connectivity index (χ0v) is 13.5. The number of nitrogens with two attached hydrogens (primary N) is 1. The molecule has 1 aliphatic carbocycles. The third-order valence-electron chi connectivity index (χ3n) is 4.54. The van der Waals surface area contributed by atoms with Gasteiger partial charge >= 0.3 is 0 Å². The van der Waals surface area contributed by atoms with Gasteiger partial charge in [-0.3, -0.25) is 0 Å². The number of nitrogens with zero attached hydrogens (tertiary/aromatic N) is 1. The van der Waals surface area contributed by atoms with Crippen LogP contribution in [-0.4, -0.2) is 24.5 Å². The minimum absolute atomic E-state index is 0.120. The van der Waals surface area contributed by atoms with Crippen molar-refractivity contribution in [2.45, 2.75) is 52.1 Å². The molecule has 1 aromatic rings. The molecule has 0 amide bonds. The van der Waals surface area contributed by atoms with Gasteiger partial charge in [0, 0.05) is 18.6 Å². The van der Waals surface area contributed by atoms with E-state index in [2.05, 4.69) is 57.0 Å². The second-order valence-electron chi connectivity index (χ2n) is 6.96. The minimum atomic E-state index is 0.120. The summed E-state index contributed by atoms with van der Waals surface area (Å²) in [6, 6.07) is 9.67. The van der Waals surface area contributed by atoms with E-state index in [1.165, 1.54) is 24.0 Å². The Bertz CT molecular complexity index is 406. The van der Waals surface area contributed by atoms with Gasteiger partial charge in [0.25, 0.3) is 0 Å². The summed E-state index contributed by atoms with van der Waals surface area (Å²) in [5.74, 6) is 1.61. The first-order valence-corrected chi connectivity index (χ1v) is 8.02. The molecule has 1 fully saturated rings. The van der Waals surface area contributed by atoms with E-state index in [9.17, 15) is 0 Å². The average molecular weight is 274 g/mol. The molecule has 0 aliphatic heterocycles. The lowest BCUT2D eigenvalue weighted by molar-refractivity contribution is 0.221. The van der Waals surface area contributed by atoms with Gasteiger partial charge in [-0.2, -0.15) is 0 Å². The molecule has 2 heteroatoms. The normalized spacial score (nSPS) is 18.6. The Morgan fingerprint density at radius 2 is 1.75 bits per heavy atom. The Labute approximate surface area is 124 Å². The molecule has 0 bridgehead atoms. The molecule has 2 N–H and O–H groups in total. The van der Waals surface area contributed by atoms with Gasteiger partial charge in [0.05, 0.1) is 0 Å². The molecule has 112 valence electrons. The lowest BCUT2D eigenvalue weighted by Gasteiger charge is -2.27. The molecule has 1 saturated carbocycles. The lowest BCUT2D eigenvalue weighted by atomic mass is 9.99. The molecular weight excluding hydrogens is 244 g/mol. The summed E-state index contributed by atoms with van der Waals surface area (Å²) >= 11 is 0. The maximum absolute atomic E-state index is 6.36. The van der Waals surface area contributed by atoms with Crippen molar-refractivity contribution in [2.75, 3.05) is 13.6 Å². The van der Waals surface area contributed by atoms with Crippen molar-refractivity contribution in [1.82, 2.24) is 4.90 Å². The quantitative estimate of drug-likeness (QED) is 0.823. The van der Waals surface area contributed by atoms with Gasteiger partial charge in [-0.25, -0.2) is 0 Å². The van der Waals surface area contributed by atoms with Gasteiger partial charge in [0.2, 0.25) is 0 Å². The smallest absolute Gasteiger partial charge is 0.0424 e. The summed E-state index contributed by atoms with van der Waals surface area (Å²) in [4.78, 5) is 2.42. The number of hydrogen-bond acceptors (Lipinski definition) is 2. The van der Waals surface area contributed by atoms with Gasteiger partial charge in [0.1, 0.15) is 0 Å². The molecule has 2 unspecified atom stereocenters. The highest BCUT2D eigenvalue weighted by molar-refractivity contribution is 5.25. The van der Waals surface area contributed by atoms with Crippen molar-refractivity contribution in [1.29, 1.82) is 0 Å². The van der Waals surface area contributed by atoms with Crippen molar-refractivity contribution in [3.05, 3.63) is 35.4 Å². The summed E-state index contributed by atoms with van der Waals surface area (Å²) in [5.41, 5.74) is 9.03. The standard InChI is InChI=1S/C18H30N2/c1-13(2)11-15-5-7-17(8-6-15)18(19)12-20(4)14(3)16-9-10-16/h5-8,13-14,16,18H,9-12,19H2,1-4H3. The third-order valence-corrected chi connectivity index (χ3v) is 4.54. The van der Waals surface area contributed by atoms with Crippen LogP contribution in [0.5, 0.6) is 0 Å². The summed E-state index contributed by atoms with van der Waals surface area (Å²) in [6.45, 7) is 7.79. The van der Waals surface area contributed by atoms with Crippen molar-refractivity contribution in [3.63, 3.8) is 0 Å². The molecule has 1 aliphatic rings. The SMILES string of the molecule is CC(C)Cc1ccc(C(N)CN(C)C(C)C2CC2)cc1. The second kappa shape index (κ2) is 6.73. The van der Waals surface area contributed by atoms with Crippen molar-refractivity contribution in [2.24, 2.45) is 17.6 Å². The maximum Gasteiger partial charge on any atom is 0.0424 e. The number of rotatable bonds is 7. The predicted octanol–water partition coefficient (Wildman–Crippen LogP) is 3.62. The molecule has 2 rings (SSSR count). The maximum atomic E-state index is 6.36. The third kappa shape index (κ3) is 4.32. The van der Waals surface area contributed by atoms with Crippen molar-refractivity contribution >= 4 is 0 Å². The topological polar surface area (TPSA) is 29.3 Å². The van der Waals surface area contributed by atoms with Crippen LogP contribution in [0.25, 0.3) is 0 Å². The fourth-order valence-corrected chi connectivity index (χ4v) is 2.89. The van der Waals surface area contributed by atoms with Crippen molar-refractivity contribution in [3.8, 4) is 0 Å². The first-order chi connectivity index (χ1) is 9.47. The highest BCUT2D eigenvalue weighted by Gasteiger charge is 2.30. The fraction of sp³-hybridized carbons (Fsp3) is 0.667. The molecule has 2 nitrogen and oxygen atoms in total. The second-order valence-corrected chi connectivity index (χ2v) is 6.96. The zero-order valence-electron chi connectivity index (χ0n) is 13.5. The van der Waals surface area contributed by atoms with Crippen molar-refractivity contribution < 1.29 is 0 Å². The van der Waals surface area contributed by atoms with Gasteiger partial charge in [-0.05, 0) is 56.2 Å². The molecule has 0 radical (unpaired) electrons. The number of hydrogen-bond donors (Lipinski definition) is 1. The van der Waals surface area contributed by atoms with Crippen LogP contribution in [0.4, 0.5) is 0 Å². The Morgan fingerprint density at radius 3 is 2.25 bits per heavy atom. The monoisotopic (exact) mass is 274 g/mol. The van der Waals surface area contributed by atoms with Crippen LogP contribution in [0.2, 0.25) is 0 Å². The number of likely N-dealkylation sites (N-methyl/N-ethyl adjacent to an activating group) is 1. The molecule has 20 heavy (non-hydrogen) atoms. The van der Waals surface area contributed by atoms with E-state index in [0.717, 1.165) is 18.9 Å². The molecule has 0 heterocycles.